The minimum Gasteiger partial charge on any atom is -0.370 e. The van der Waals surface area contributed by atoms with Crippen molar-refractivity contribution in [1.82, 2.24) is 9.55 Å². The van der Waals surface area contributed by atoms with Gasteiger partial charge < -0.3 is 9.30 Å². The minimum atomic E-state index is 0.123. The third-order valence-electron chi connectivity index (χ3n) is 5.31. The quantitative estimate of drug-likeness (QED) is 0.655. The van der Waals surface area contributed by atoms with Crippen LogP contribution in [0.2, 0.25) is 0 Å². The summed E-state index contributed by atoms with van der Waals surface area (Å²) in [4.78, 5) is 4.82. The lowest BCUT2D eigenvalue weighted by atomic mass is 10.1. The highest BCUT2D eigenvalue weighted by atomic mass is 16.5. The van der Waals surface area contributed by atoms with Crippen molar-refractivity contribution in [2.45, 2.75) is 51.4 Å². The zero-order chi connectivity index (χ0) is 17.9. The number of nitrogens with zero attached hydrogens (tertiary/aromatic N) is 3. The SMILES string of the molecule is C[C@@H](c1ccccc1)n1c(COC2CCCC2)nc2ccc(C#N)cc21. The number of ether oxygens (including phenoxy) is 1. The molecule has 0 amide bonds. The Morgan fingerprint density at radius 3 is 2.69 bits per heavy atom. The van der Waals surface area contributed by atoms with Gasteiger partial charge in [0.2, 0.25) is 0 Å². The maximum Gasteiger partial charge on any atom is 0.136 e. The fourth-order valence-electron chi connectivity index (χ4n) is 3.87. The Bertz CT molecular complexity index is 933. The van der Waals surface area contributed by atoms with Gasteiger partial charge in [-0.3, -0.25) is 0 Å². The smallest absolute Gasteiger partial charge is 0.136 e. The lowest BCUT2D eigenvalue weighted by Crippen LogP contribution is -2.14. The summed E-state index contributed by atoms with van der Waals surface area (Å²) in [6.07, 6.45) is 5.16. The monoisotopic (exact) mass is 345 g/mol. The molecule has 1 heterocycles. The van der Waals surface area contributed by atoms with Gasteiger partial charge >= 0.3 is 0 Å². The Balaban J connectivity index is 1.75. The van der Waals surface area contributed by atoms with Gasteiger partial charge in [0, 0.05) is 0 Å². The van der Waals surface area contributed by atoms with Gasteiger partial charge in [-0.15, -0.1) is 0 Å². The summed E-state index contributed by atoms with van der Waals surface area (Å²) in [7, 11) is 0. The molecule has 4 rings (SSSR count). The van der Waals surface area contributed by atoms with Crippen molar-refractivity contribution >= 4 is 11.0 Å². The van der Waals surface area contributed by atoms with Crippen molar-refractivity contribution in [1.29, 1.82) is 5.26 Å². The van der Waals surface area contributed by atoms with E-state index in [0.29, 0.717) is 18.3 Å². The molecule has 3 aromatic rings. The molecule has 0 radical (unpaired) electrons. The fourth-order valence-corrected chi connectivity index (χ4v) is 3.87. The Hall–Kier alpha value is -2.64. The first-order valence-electron chi connectivity index (χ1n) is 9.34. The minimum absolute atomic E-state index is 0.123. The van der Waals surface area contributed by atoms with Crippen molar-refractivity contribution in [3.05, 3.63) is 65.5 Å². The van der Waals surface area contributed by atoms with Crippen LogP contribution in [0.4, 0.5) is 0 Å². The molecule has 0 aliphatic heterocycles. The van der Waals surface area contributed by atoms with Crippen LogP contribution < -0.4 is 0 Å². The standard InChI is InChI=1S/C22H23N3O/c1-16(18-7-3-2-4-8-18)25-21-13-17(14-23)11-12-20(21)24-22(25)15-26-19-9-5-6-10-19/h2-4,7-8,11-13,16,19H,5-6,9-10,15H2,1H3/t16-/m0/s1. The van der Waals surface area contributed by atoms with Crippen molar-refractivity contribution < 1.29 is 4.74 Å². The zero-order valence-corrected chi connectivity index (χ0v) is 15.1. The molecule has 1 saturated carbocycles. The van der Waals surface area contributed by atoms with E-state index in [-0.39, 0.29) is 6.04 Å². The summed E-state index contributed by atoms with van der Waals surface area (Å²) >= 11 is 0. The largest absolute Gasteiger partial charge is 0.370 e. The van der Waals surface area contributed by atoms with Gasteiger partial charge in [0.15, 0.2) is 0 Å². The summed E-state index contributed by atoms with van der Waals surface area (Å²) in [5, 5.41) is 9.29. The Labute approximate surface area is 154 Å². The normalized spacial score (nSPS) is 16.0. The van der Waals surface area contributed by atoms with E-state index < -0.39 is 0 Å². The fraction of sp³-hybridized carbons (Fsp3) is 0.364. The maximum atomic E-state index is 9.29. The first kappa shape index (κ1) is 16.8. The summed E-state index contributed by atoms with van der Waals surface area (Å²) in [6, 6.07) is 18.5. The lowest BCUT2D eigenvalue weighted by Gasteiger charge is -2.19. The van der Waals surface area contributed by atoms with Crippen LogP contribution in [0.3, 0.4) is 0 Å². The van der Waals surface area contributed by atoms with Gasteiger partial charge in [-0.05, 0) is 43.5 Å². The van der Waals surface area contributed by atoms with Crippen molar-refractivity contribution in [3.63, 3.8) is 0 Å². The molecule has 4 heteroatoms. The van der Waals surface area contributed by atoms with Crippen molar-refractivity contribution in [2.75, 3.05) is 0 Å². The van der Waals surface area contributed by atoms with Crippen LogP contribution in [0.25, 0.3) is 11.0 Å². The molecular weight excluding hydrogens is 322 g/mol. The van der Waals surface area contributed by atoms with Crippen LogP contribution in [-0.2, 0) is 11.3 Å². The molecule has 1 aliphatic rings. The van der Waals surface area contributed by atoms with Crippen LogP contribution in [0, 0.1) is 11.3 Å². The van der Waals surface area contributed by atoms with Gasteiger partial charge in [-0.25, -0.2) is 4.98 Å². The van der Waals surface area contributed by atoms with E-state index in [4.69, 9.17) is 9.72 Å². The second kappa shape index (κ2) is 7.31. The molecule has 0 N–H and O–H groups in total. The zero-order valence-electron chi connectivity index (χ0n) is 15.1. The average molecular weight is 345 g/mol. The highest BCUT2D eigenvalue weighted by molar-refractivity contribution is 5.78. The van der Waals surface area contributed by atoms with E-state index in [1.165, 1.54) is 18.4 Å². The van der Waals surface area contributed by atoms with E-state index >= 15 is 0 Å². The molecule has 4 nitrogen and oxygen atoms in total. The highest BCUT2D eigenvalue weighted by Crippen LogP contribution is 2.28. The number of fused-ring (bicyclic) bond motifs is 1. The number of rotatable bonds is 5. The molecule has 0 saturated heterocycles. The molecule has 1 atom stereocenters. The van der Waals surface area contributed by atoms with Gasteiger partial charge in [-0.1, -0.05) is 43.2 Å². The lowest BCUT2D eigenvalue weighted by molar-refractivity contribution is 0.0400. The third-order valence-corrected chi connectivity index (χ3v) is 5.31. The van der Waals surface area contributed by atoms with Crippen LogP contribution in [-0.4, -0.2) is 15.7 Å². The predicted octanol–water partition coefficient (Wildman–Crippen LogP) is 4.98. The second-order valence-corrected chi connectivity index (χ2v) is 7.02. The van der Waals surface area contributed by atoms with E-state index in [1.807, 2.05) is 24.3 Å². The number of hydrogen-bond acceptors (Lipinski definition) is 3. The summed E-state index contributed by atoms with van der Waals surface area (Å²) in [5.74, 6) is 0.929. The number of nitriles is 1. The van der Waals surface area contributed by atoms with E-state index in [0.717, 1.165) is 29.7 Å². The Kier molecular flexibility index (Phi) is 4.73. The molecule has 132 valence electrons. The van der Waals surface area contributed by atoms with Gasteiger partial charge in [0.25, 0.3) is 0 Å². The average Bonchev–Trinajstić information content (AvgIpc) is 3.33. The molecule has 0 spiro atoms. The van der Waals surface area contributed by atoms with Crippen molar-refractivity contribution in [2.24, 2.45) is 0 Å². The predicted molar refractivity (Wildman–Crippen MR) is 102 cm³/mol. The molecule has 1 aromatic heterocycles. The third kappa shape index (κ3) is 3.23. The number of imidazole rings is 1. The molecule has 1 fully saturated rings. The van der Waals surface area contributed by atoms with Gasteiger partial charge in [0.1, 0.15) is 12.4 Å². The molecule has 0 unspecified atom stereocenters. The summed E-state index contributed by atoms with van der Waals surface area (Å²) in [6.45, 7) is 2.69. The number of hydrogen-bond donors (Lipinski definition) is 0. The maximum absolute atomic E-state index is 9.29. The van der Waals surface area contributed by atoms with Crippen LogP contribution in [0.1, 0.15) is 55.6 Å². The first-order chi connectivity index (χ1) is 12.8. The number of aromatic nitrogens is 2. The van der Waals surface area contributed by atoms with E-state index in [1.54, 1.807) is 0 Å². The van der Waals surface area contributed by atoms with Gasteiger partial charge in [-0.2, -0.15) is 5.26 Å². The summed E-state index contributed by atoms with van der Waals surface area (Å²) in [5.41, 5.74) is 3.78. The molecule has 26 heavy (non-hydrogen) atoms. The first-order valence-corrected chi connectivity index (χ1v) is 9.34. The van der Waals surface area contributed by atoms with E-state index in [2.05, 4.69) is 41.8 Å². The van der Waals surface area contributed by atoms with Crippen LogP contribution in [0.5, 0.6) is 0 Å². The second-order valence-electron chi connectivity index (χ2n) is 7.02. The van der Waals surface area contributed by atoms with Gasteiger partial charge in [0.05, 0.1) is 34.8 Å². The summed E-state index contributed by atoms with van der Waals surface area (Å²) < 4.78 is 8.38. The van der Waals surface area contributed by atoms with E-state index in [9.17, 15) is 5.26 Å². The number of benzene rings is 2. The van der Waals surface area contributed by atoms with Crippen LogP contribution >= 0.6 is 0 Å². The molecule has 1 aliphatic carbocycles. The highest BCUT2D eigenvalue weighted by Gasteiger charge is 2.20. The molecular formula is C22H23N3O. The topological polar surface area (TPSA) is 50.8 Å². The Morgan fingerprint density at radius 2 is 1.96 bits per heavy atom. The Morgan fingerprint density at radius 1 is 1.19 bits per heavy atom. The molecule has 2 aromatic carbocycles. The van der Waals surface area contributed by atoms with Crippen LogP contribution in [0.15, 0.2) is 48.5 Å². The molecule has 0 bridgehead atoms. The van der Waals surface area contributed by atoms with Crippen molar-refractivity contribution in [3.8, 4) is 6.07 Å².